The third kappa shape index (κ3) is 5.45. The van der Waals surface area contributed by atoms with Gasteiger partial charge in [0, 0.05) is 11.8 Å². The van der Waals surface area contributed by atoms with Crippen LogP contribution < -0.4 is 20.1 Å². The third-order valence-corrected chi connectivity index (χ3v) is 5.06. The Bertz CT molecular complexity index is 1180. The number of nitro benzene ring substituents is 1. The zero-order valence-electron chi connectivity index (χ0n) is 18.5. The van der Waals surface area contributed by atoms with Gasteiger partial charge in [-0.2, -0.15) is 13.2 Å². The summed E-state index contributed by atoms with van der Waals surface area (Å²) >= 11 is 0. The number of nitrogens with one attached hydrogen (secondary N) is 2. The fourth-order valence-corrected chi connectivity index (χ4v) is 3.47. The monoisotopic (exact) mass is 495 g/mol. The molecule has 2 amide bonds. The average Bonchev–Trinajstić information content (AvgIpc) is 2.78. The minimum atomic E-state index is -4.78. The first-order valence-corrected chi connectivity index (χ1v) is 10.1. The van der Waals surface area contributed by atoms with E-state index in [0.29, 0.717) is 17.7 Å². The number of methoxy groups -OCH3 is 1. The molecule has 2 N–H and O–H groups in total. The van der Waals surface area contributed by atoms with Crippen molar-refractivity contribution in [3.05, 3.63) is 69.9 Å². The van der Waals surface area contributed by atoms with Gasteiger partial charge in [0.1, 0.15) is 5.92 Å². The van der Waals surface area contributed by atoms with E-state index >= 15 is 0 Å². The average molecular weight is 495 g/mol. The first-order valence-electron chi connectivity index (χ1n) is 10.1. The summed E-state index contributed by atoms with van der Waals surface area (Å²) in [6.45, 7) is 5.45. The van der Waals surface area contributed by atoms with E-state index in [4.69, 9.17) is 14.2 Å². The Balaban J connectivity index is 1.98. The lowest BCUT2D eigenvalue weighted by molar-refractivity contribution is -0.385. The molecule has 2 aromatic carbocycles. The molecular weight excluding hydrogens is 475 g/mol. The fraction of sp³-hybridized carbons (Fsp3) is 0.273. The minimum Gasteiger partial charge on any atom is -0.493 e. The number of alkyl halides is 3. The number of amides is 2. The van der Waals surface area contributed by atoms with Crippen molar-refractivity contribution in [1.29, 1.82) is 0 Å². The molecular formula is C22H20F3N3O7. The van der Waals surface area contributed by atoms with Gasteiger partial charge in [-0.15, -0.1) is 0 Å². The highest BCUT2D eigenvalue weighted by Crippen LogP contribution is 2.41. The molecule has 0 aliphatic carbocycles. The van der Waals surface area contributed by atoms with Gasteiger partial charge in [-0.1, -0.05) is 12.6 Å². The molecule has 10 nitrogen and oxygen atoms in total. The molecule has 0 unspecified atom stereocenters. The Morgan fingerprint density at radius 2 is 1.86 bits per heavy atom. The van der Waals surface area contributed by atoms with E-state index in [1.165, 1.54) is 25.3 Å². The van der Waals surface area contributed by atoms with E-state index < -0.39 is 52.1 Å². The Morgan fingerprint density at radius 3 is 2.46 bits per heavy atom. The molecule has 0 radical (unpaired) electrons. The van der Waals surface area contributed by atoms with Crippen molar-refractivity contribution in [2.45, 2.75) is 19.1 Å². The second-order valence-corrected chi connectivity index (χ2v) is 7.28. The van der Waals surface area contributed by atoms with Gasteiger partial charge in [0.25, 0.3) is 0 Å². The number of nitro groups is 1. The van der Waals surface area contributed by atoms with Crippen LogP contribution in [0.5, 0.6) is 17.2 Å². The highest BCUT2D eigenvalue weighted by Gasteiger charge is 2.39. The molecule has 0 saturated carbocycles. The first kappa shape index (κ1) is 25.3. The van der Waals surface area contributed by atoms with Crippen LogP contribution in [0.3, 0.4) is 0 Å². The van der Waals surface area contributed by atoms with E-state index in [-0.39, 0.29) is 23.8 Å². The molecule has 186 valence electrons. The van der Waals surface area contributed by atoms with Gasteiger partial charge < -0.3 is 24.8 Å². The summed E-state index contributed by atoms with van der Waals surface area (Å²) in [5, 5.41) is 16.4. The zero-order chi connectivity index (χ0) is 25.9. The highest BCUT2D eigenvalue weighted by molar-refractivity contribution is 5.85. The second-order valence-electron chi connectivity index (χ2n) is 7.28. The molecule has 0 spiro atoms. The molecule has 35 heavy (non-hydrogen) atoms. The van der Waals surface area contributed by atoms with Gasteiger partial charge in [0.15, 0.2) is 11.5 Å². The predicted octanol–water partition coefficient (Wildman–Crippen LogP) is 4.46. The van der Waals surface area contributed by atoms with Gasteiger partial charge in [0.05, 0.1) is 30.2 Å². The van der Waals surface area contributed by atoms with E-state index in [1.807, 2.05) is 0 Å². The molecule has 3 rings (SSSR count). The Morgan fingerprint density at radius 1 is 1.17 bits per heavy atom. The van der Waals surface area contributed by atoms with Crippen molar-refractivity contribution >= 4 is 17.7 Å². The number of hydrogen-bond donors (Lipinski definition) is 2. The first-order chi connectivity index (χ1) is 16.5. The molecule has 2 atom stereocenters. The van der Waals surface area contributed by atoms with Crippen molar-refractivity contribution in [3.63, 3.8) is 0 Å². The van der Waals surface area contributed by atoms with Gasteiger partial charge in [-0.25, -0.2) is 4.79 Å². The van der Waals surface area contributed by atoms with Crippen LogP contribution >= 0.6 is 0 Å². The molecule has 1 aliphatic rings. The quantitative estimate of drug-likeness (QED) is 0.330. The number of halogens is 3. The zero-order valence-corrected chi connectivity index (χ0v) is 18.5. The van der Waals surface area contributed by atoms with Crippen molar-refractivity contribution in [1.82, 2.24) is 10.6 Å². The summed E-state index contributed by atoms with van der Waals surface area (Å²) in [7, 11) is 1.27. The van der Waals surface area contributed by atoms with Crippen molar-refractivity contribution in [3.8, 4) is 17.2 Å². The number of urea groups is 1. The normalized spacial score (nSPS) is 17.7. The summed E-state index contributed by atoms with van der Waals surface area (Å²) in [5.74, 6) is -2.06. The number of nitrogens with zero attached hydrogens (tertiary/aromatic N) is 1. The Kier molecular flexibility index (Phi) is 7.17. The largest absolute Gasteiger partial charge is 0.493 e. The van der Waals surface area contributed by atoms with Crippen molar-refractivity contribution < 1.29 is 41.9 Å². The van der Waals surface area contributed by atoms with Gasteiger partial charge in [0.2, 0.25) is 5.75 Å². The van der Waals surface area contributed by atoms with Gasteiger partial charge >= 0.3 is 23.9 Å². The van der Waals surface area contributed by atoms with E-state index in [0.717, 1.165) is 6.07 Å². The molecule has 1 aliphatic heterocycles. The van der Waals surface area contributed by atoms with Crippen LogP contribution in [0.4, 0.5) is 23.7 Å². The molecule has 0 bridgehead atoms. The van der Waals surface area contributed by atoms with E-state index in [9.17, 15) is 32.9 Å². The summed E-state index contributed by atoms with van der Waals surface area (Å²) in [6.07, 6.45) is -4.78. The smallest absolute Gasteiger partial charge is 0.416 e. The molecule has 0 aromatic heterocycles. The van der Waals surface area contributed by atoms with Crippen molar-refractivity contribution in [2.24, 2.45) is 5.92 Å². The van der Waals surface area contributed by atoms with Gasteiger partial charge in [-0.05, 0) is 36.8 Å². The molecule has 13 heteroatoms. The number of carbonyl (C=O) groups excluding carboxylic acids is 2. The number of rotatable bonds is 7. The third-order valence-electron chi connectivity index (χ3n) is 5.06. The van der Waals surface area contributed by atoms with Crippen molar-refractivity contribution in [2.75, 3.05) is 13.7 Å². The highest BCUT2D eigenvalue weighted by atomic mass is 19.4. The SMILES string of the molecule is C=C1NC(=O)N[C@H](c2ccc(Oc3ccc(C(F)(F)F)cc3[N+](=O)[O-])c(OC)c2)[C@H]1C(=O)OCC. The van der Waals surface area contributed by atoms with Crippen LogP contribution in [-0.2, 0) is 15.7 Å². The van der Waals surface area contributed by atoms with Crippen LogP contribution in [0.1, 0.15) is 24.1 Å². The lowest BCUT2D eigenvalue weighted by Crippen LogP contribution is -2.51. The number of esters is 1. The standard InChI is InChI=1S/C22H20F3N3O7/c1-4-34-20(29)18-11(2)26-21(30)27-19(18)12-5-7-16(17(9-12)33-3)35-15-8-6-13(22(23,24)25)10-14(15)28(31)32/h5-10,18-19H,2,4H2,1,3H3,(H2,26,27,30)/t18-,19+/m0/s1. The van der Waals surface area contributed by atoms with Crippen LogP contribution in [0.15, 0.2) is 48.7 Å². The van der Waals surface area contributed by atoms with Crippen LogP contribution in [-0.4, -0.2) is 30.6 Å². The fourth-order valence-electron chi connectivity index (χ4n) is 3.47. The summed E-state index contributed by atoms with van der Waals surface area (Å²) in [6, 6.07) is 4.60. The summed E-state index contributed by atoms with van der Waals surface area (Å²) in [4.78, 5) is 34.9. The molecule has 2 aromatic rings. The van der Waals surface area contributed by atoms with E-state index in [1.54, 1.807) is 6.92 Å². The second kappa shape index (κ2) is 9.91. The maximum atomic E-state index is 13.0. The van der Waals surface area contributed by atoms with Crippen LogP contribution in [0, 0.1) is 16.0 Å². The summed E-state index contributed by atoms with van der Waals surface area (Å²) < 4.78 is 54.8. The molecule has 1 saturated heterocycles. The van der Waals surface area contributed by atoms with Crippen LogP contribution in [0.25, 0.3) is 0 Å². The Labute approximate surface area is 196 Å². The van der Waals surface area contributed by atoms with Gasteiger partial charge in [-0.3, -0.25) is 14.9 Å². The maximum absolute atomic E-state index is 13.0. The minimum absolute atomic E-state index is 0.0395. The topological polar surface area (TPSA) is 129 Å². The van der Waals surface area contributed by atoms with Crippen LogP contribution in [0.2, 0.25) is 0 Å². The number of ether oxygens (including phenoxy) is 3. The lowest BCUT2D eigenvalue weighted by Gasteiger charge is -2.33. The molecule has 1 heterocycles. The molecule has 1 fully saturated rings. The number of hydrogen-bond acceptors (Lipinski definition) is 7. The summed E-state index contributed by atoms with van der Waals surface area (Å²) in [5.41, 5.74) is -1.58. The Hall–Kier alpha value is -4.29. The number of carbonyl (C=O) groups is 2. The predicted molar refractivity (Wildman–Crippen MR) is 115 cm³/mol. The number of benzene rings is 2. The maximum Gasteiger partial charge on any atom is 0.416 e. The lowest BCUT2D eigenvalue weighted by atomic mass is 9.89. The van der Waals surface area contributed by atoms with E-state index in [2.05, 4.69) is 17.2 Å².